The summed E-state index contributed by atoms with van der Waals surface area (Å²) in [5, 5.41) is 4.53. The number of para-hydroxylation sites is 3. The van der Waals surface area contributed by atoms with E-state index in [1.807, 2.05) is 36.4 Å². The highest BCUT2D eigenvalue weighted by atomic mass is 16.3. The van der Waals surface area contributed by atoms with Crippen LogP contribution in [0.15, 0.2) is 126 Å². The van der Waals surface area contributed by atoms with E-state index in [2.05, 4.69) is 98.8 Å². The number of hydrogen-bond donors (Lipinski definition) is 0. The van der Waals surface area contributed by atoms with Crippen molar-refractivity contribution in [2.75, 3.05) is 0 Å². The van der Waals surface area contributed by atoms with Crippen molar-refractivity contribution in [2.45, 2.75) is 19.3 Å². The quantitative estimate of drug-likeness (QED) is 0.220. The van der Waals surface area contributed by atoms with E-state index in [9.17, 15) is 0 Å². The predicted octanol–water partition coefficient (Wildman–Crippen LogP) is 10.3. The summed E-state index contributed by atoms with van der Waals surface area (Å²) >= 11 is 0. The summed E-state index contributed by atoms with van der Waals surface area (Å²) in [6.45, 7) is 4.66. The Labute approximate surface area is 243 Å². The van der Waals surface area contributed by atoms with E-state index in [0.717, 1.165) is 66.3 Å². The largest absolute Gasteiger partial charge is 0.455 e. The minimum Gasteiger partial charge on any atom is -0.455 e. The number of nitrogens with zero attached hydrogens (tertiary/aromatic N) is 2. The van der Waals surface area contributed by atoms with Gasteiger partial charge in [0.15, 0.2) is 0 Å². The van der Waals surface area contributed by atoms with Crippen molar-refractivity contribution in [3.8, 4) is 33.6 Å². The van der Waals surface area contributed by atoms with Crippen LogP contribution in [0.5, 0.6) is 0 Å². The maximum Gasteiger partial charge on any atom is 0.143 e. The van der Waals surface area contributed by atoms with Gasteiger partial charge in [0, 0.05) is 32.7 Å². The number of furan rings is 1. The van der Waals surface area contributed by atoms with E-state index in [-0.39, 0.29) is 5.41 Å². The van der Waals surface area contributed by atoms with E-state index in [0.29, 0.717) is 0 Å². The zero-order chi connectivity index (χ0) is 28.0. The first-order valence-electron chi connectivity index (χ1n) is 14.4. The molecule has 0 radical (unpaired) electrons. The van der Waals surface area contributed by atoms with Gasteiger partial charge in [-0.25, -0.2) is 9.97 Å². The van der Waals surface area contributed by atoms with Crippen LogP contribution >= 0.6 is 0 Å². The van der Waals surface area contributed by atoms with Crippen LogP contribution in [-0.2, 0) is 5.41 Å². The fourth-order valence-corrected chi connectivity index (χ4v) is 7.04. The number of hydrogen-bond acceptors (Lipinski definition) is 3. The first-order valence-corrected chi connectivity index (χ1v) is 14.4. The molecule has 3 heteroatoms. The summed E-state index contributed by atoms with van der Waals surface area (Å²) in [6.07, 6.45) is 0. The van der Waals surface area contributed by atoms with Gasteiger partial charge in [-0.2, -0.15) is 0 Å². The Morgan fingerprint density at radius 2 is 1.21 bits per heavy atom. The van der Waals surface area contributed by atoms with E-state index in [1.165, 1.54) is 22.3 Å². The molecule has 0 N–H and O–H groups in total. The molecule has 42 heavy (non-hydrogen) atoms. The molecule has 1 aliphatic carbocycles. The molecular formula is C39H26N2O. The van der Waals surface area contributed by atoms with Crippen LogP contribution in [0.1, 0.15) is 25.0 Å². The molecule has 0 bridgehead atoms. The second kappa shape index (κ2) is 8.37. The minimum atomic E-state index is -0.194. The van der Waals surface area contributed by atoms with Crippen LogP contribution in [0.25, 0.3) is 77.4 Å². The monoisotopic (exact) mass is 538 g/mol. The van der Waals surface area contributed by atoms with Crippen molar-refractivity contribution in [1.29, 1.82) is 0 Å². The Kier molecular flexibility index (Phi) is 4.67. The minimum absolute atomic E-state index is 0.194. The normalized spacial score (nSPS) is 13.7. The lowest BCUT2D eigenvalue weighted by atomic mass is 9.80. The van der Waals surface area contributed by atoms with Gasteiger partial charge >= 0.3 is 0 Å². The highest BCUT2D eigenvalue weighted by Crippen LogP contribution is 2.55. The van der Waals surface area contributed by atoms with Crippen molar-refractivity contribution >= 4 is 43.7 Å². The molecule has 0 spiro atoms. The molecular weight excluding hydrogens is 512 g/mol. The number of aromatic nitrogens is 2. The van der Waals surface area contributed by atoms with Crippen LogP contribution in [0.3, 0.4) is 0 Å². The molecule has 0 unspecified atom stereocenters. The molecule has 0 aliphatic heterocycles. The van der Waals surface area contributed by atoms with E-state index >= 15 is 0 Å². The Morgan fingerprint density at radius 1 is 0.548 bits per heavy atom. The van der Waals surface area contributed by atoms with Crippen LogP contribution in [0.4, 0.5) is 0 Å². The Bertz CT molecular complexity index is 2380. The smallest absolute Gasteiger partial charge is 0.143 e. The Balaban J connectivity index is 1.50. The third-order valence-electron chi connectivity index (χ3n) is 9.06. The highest BCUT2D eigenvalue weighted by molar-refractivity contribution is 6.23. The summed E-state index contributed by atoms with van der Waals surface area (Å²) in [4.78, 5) is 10.5. The lowest BCUT2D eigenvalue weighted by molar-refractivity contribution is 0.660. The van der Waals surface area contributed by atoms with Gasteiger partial charge in [0.25, 0.3) is 0 Å². The molecule has 2 aromatic heterocycles. The molecule has 6 aromatic carbocycles. The molecule has 2 heterocycles. The van der Waals surface area contributed by atoms with Gasteiger partial charge in [0.2, 0.25) is 0 Å². The number of benzene rings is 6. The fourth-order valence-electron chi connectivity index (χ4n) is 7.04. The van der Waals surface area contributed by atoms with Crippen molar-refractivity contribution in [1.82, 2.24) is 9.97 Å². The summed E-state index contributed by atoms with van der Waals surface area (Å²) in [6, 6.07) is 42.5. The van der Waals surface area contributed by atoms with E-state index < -0.39 is 0 Å². The van der Waals surface area contributed by atoms with Gasteiger partial charge in [-0.3, -0.25) is 0 Å². The highest BCUT2D eigenvalue weighted by Gasteiger charge is 2.38. The topological polar surface area (TPSA) is 38.9 Å². The maximum atomic E-state index is 6.71. The van der Waals surface area contributed by atoms with Crippen LogP contribution in [0.2, 0.25) is 0 Å². The molecule has 3 nitrogen and oxygen atoms in total. The fraction of sp³-hybridized carbons (Fsp3) is 0.0769. The third-order valence-corrected chi connectivity index (χ3v) is 9.06. The SMILES string of the molecule is CC1(C)c2ccccc2-c2c1cc(-c1nc3ccccc3nc1-c1ccccc1)c1ccc3c4ccccc4oc3c21. The summed E-state index contributed by atoms with van der Waals surface area (Å²) in [5.41, 5.74) is 12.4. The van der Waals surface area contributed by atoms with Crippen molar-refractivity contribution in [3.05, 3.63) is 132 Å². The lowest BCUT2D eigenvalue weighted by Crippen LogP contribution is -2.15. The standard InChI is InChI=1S/C39H26N2O/c1-39(2)29-16-8-6-15-27(29)34-30(39)22-28(25-20-21-26-24-14-7-11-19-33(24)42-38(26)35(25)34)37-36(23-12-4-3-5-13-23)40-31-17-9-10-18-32(31)41-37/h3-22H,1-2H3. The van der Waals surface area contributed by atoms with Crippen molar-refractivity contribution in [3.63, 3.8) is 0 Å². The van der Waals surface area contributed by atoms with Crippen LogP contribution in [0, 0.1) is 0 Å². The summed E-state index contributed by atoms with van der Waals surface area (Å²) < 4.78 is 6.71. The van der Waals surface area contributed by atoms with Crippen LogP contribution in [-0.4, -0.2) is 9.97 Å². The average molecular weight is 539 g/mol. The zero-order valence-corrected chi connectivity index (χ0v) is 23.3. The molecule has 9 rings (SSSR count). The number of rotatable bonds is 2. The van der Waals surface area contributed by atoms with Gasteiger partial charge in [0.1, 0.15) is 11.2 Å². The van der Waals surface area contributed by atoms with Crippen LogP contribution < -0.4 is 0 Å². The lowest BCUT2D eigenvalue weighted by Gasteiger charge is -2.23. The first kappa shape index (κ1) is 23.4. The van der Waals surface area contributed by atoms with Crippen molar-refractivity contribution < 1.29 is 4.42 Å². The Morgan fingerprint density at radius 3 is 2.05 bits per heavy atom. The van der Waals surface area contributed by atoms with Gasteiger partial charge in [0.05, 0.1) is 22.4 Å². The second-order valence-corrected chi connectivity index (χ2v) is 11.8. The molecule has 0 amide bonds. The molecule has 0 atom stereocenters. The van der Waals surface area contributed by atoms with Crippen molar-refractivity contribution in [2.24, 2.45) is 0 Å². The predicted molar refractivity (Wildman–Crippen MR) is 173 cm³/mol. The van der Waals surface area contributed by atoms with E-state index in [4.69, 9.17) is 14.4 Å². The molecule has 8 aromatic rings. The average Bonchev–Trinajstić information content (AvgIpc) is 3.53. The molecule has 198 valence electrons. The molecule has 0 saturated heterocycles. The summed E-state index contributed by atoms with van der Waals surface area (Å²) in [5.74, 6) is 0. The van der Waals surface area contributed by atoms with Gasteiger partial charge < -0.3 is 4.42 Å². The maximum absolute atomic E-state index is 6.71. The molecule has 0 fully saturated rings. The van der Waals surface area contributed by atoms with E-state index in [1.54, 1.807) is 0 Å². The number of fused-ring (bicyclic) bond motifs is 10. The first-order chi connectivity index (χ1) is 20.6. The van der Waals surface area contributed by atoms with Gasteiger partial charge in [-0.15, -0.1) is 0 Å². The van der Waals surface area contributed by atoms with Gasteiger partial charge in [-0.05, 0) is 58.0 Å². The zero-order valence-electron chi connectivity index (χ0n) is 23.3. The molecule has 0 saturated carbocycles. The second-order valence-electron chi connectivity index (χ2n) is 11.8. The Hall–Kier alpha value is -5.28. The molecule has 1 aliphatic rings. The third kappa shape index (κ3) is 3.11. The van der Waals surface area contributed by atoms with Gasteiger partial charge in [-0.1, -0.05) is 105 Å². The summed E-state index contributed by atoms with van der Waals surface area (Å²) in [7, 11) is 0.